The topological polar surface area (TPSA) is 69.9 Å². The zero-order valence-corrected chi connectivity index (χ0v) is 16.3. The van der Waals surface area contributed by atoms with Crippen LogP contribution >= 0.6 is 0 Å². The van der Waals surface area contributed by atoms with Crippen LogP contribution < -0.4 is 0 Å². The molecule has 0 atom stereocenters. The molecule has 2 N–H and O–H groups in total. The SMILES string of the molecule is CCCCCCCCCCCCc1ccc(/C(CCC(=O)O)=N/O)cc1. The second-order valence-corrected chi connectivity index (χ2v) is 7.07. The van der Waals surface area contributed by atoms with Gasteiger partial charge in [0.15, 0.2) is 0 Å². The first-order valence-electron chi connectivity index (χ1n) is 10.2. The molecule has 146 valence electrons. The summed E-state index contributed by atoms with van der Waals surface area (Å²) in [5, 5.41) is 21.0. The molecule has 0 spiro atoms. The lowest BCUT2D eigenvalue weighted by Crippen LogP contribution is -2.05. The predicted molar refractivity (Wildman–Crippen MR) is 107 cm³/mol. The fourth-order valence-corrected chi connectivity index (χ4v) is 3.16. The monoisotopic (exact) mass is 361 g/mol. The Morgan fingerprint density at radius 2 is 1.38 bits per heavy atom. The number of hydrogen-bond donors (Lipinski definition) is 2. The Labute approximate surface area is 158 Å². The first-order valence-corrected chi connectivity index (χ1v) is 10.2. The third kappa shape index (κ3) is 10.2. The third-order valence-electron chi connectivity index (χ3n) is 4.80. The molecule has 0 unspecified atom stereocenters. The number of carbonyl (C=O) groups is 1. The van der Waals surface area contributed by atoms with E-state index in [1.807, 2.05) is 12.1 Å². The van der Waals surface area contributed by atoms with Crippen molar-refractivity contribution in [3.8, 4) is 0 Å². The second-order valence-electron chi connectivity index (χ2n) is 7.07. The number of aryl methyl sites for hydroxylation is 1. The van der Waals surface area contributed by atoms with E-state index in [1.54, 1.807) is 0 Å². The molecule has 1 aromatic carbocycles. The van der Waals surface area contributed by atoms with Crippen molar-refractivity contribution >= 4 is 11.7 Å². The second kappa shape index (κ2) is 14.3. The molecule has 0 bridgehead atoms. The van der Waals surface area contributed by atoms with Crippen molar-refractivity contribution < 1.29 is 15.1 Å². The molecule has 0 radical (unpaired) electrons. The minimum atomic E-state index is -0.885. The van der Waals surface area contributed by atoms with E-state index in [0.29, 0.717) is 5.71 Å². The van der Waals surface area contributed by atoms with Gasteiger partial charge in [0.05, 0.1) is 12.1 Å². The van der Waals surface area contributed by atoms with Gasteiger partial charge < -0.3 is 10.3 Å². The summed E-state index contributed by atoms with van der Waals surface area (Å²) in [6, 6.07) is 7.94. The van der Waals surface area contributed by atoms with E-state index in [0.717, 1.165) is 12.0 Å². The van der Waals surface area contributed by atoms with Gasteiger partial charge in [0.1, 0.15) is 0 Å². The van der Waals surface area contributed by atoms with E-state index in [-0.39, 0.29) is 12.8 Å². The average molecular weight is 362 g/mol. The van der Waals surface area contributed by atoms with E-state index >= 15 is 0 Å². The quantitative estimate of drug-likeness (QED) is 0.169. The molecule has 1 aromatic rings. The summed E-state index contributed by atoms with van der Waals surface area (Å²) in [5.41, 5.74) is 2.50. The third-order valence-corrected chi connectivity index (χ3v) is 4.80. The first kappa shape index (κ1) is 22.2. The number of rotatable bonds is 15. The highest BCUT2D eigenvalue weighted by Gasteiger charge is 2.07. The maximum Gasteiger partial charge on any atom is 0.303 e. The highest BCUT2D eigenvalue weighted by Crippen LogP contribution is 2.14. The molecule has 4 nitrogen and oxygen atoms in total. The van der Waals surface area contributed by atoms with Crippen LogP contribution in [-0.4, -0.2) is 22.0 Å². The lowest BCUT2D eigenvalue weighted by atomic mass is 10.0. The number of carboxylic acid groups (broad SMARTS) is 1. The van der Waals surface area contributed by atoms with Gasteiger partial charge in [0.25, 0.3) is 0 Å². The smallest absolute Gasteiger partial charge is 0.303 e. The van der Waals surface area contributed by atoms with Gasteiger partial charge in [-0.05, 0) is 24.0 Å². The Kier molecular flexibility index (Phi) is 12.2. The molecule has 0 aliphatic carbocycles. The molecule has 26 heavy (non-hydrogen) atoms. The summed E-state index contributed by atoms with van der Waals surface area (Å²) in [6.07, 6.45) is 14.7. The minimum Gasteiger partial charge on any atom is -0.481 e. The van der Waals surface area contributed by atoms with Crippen LogP contribution in [0.2, 0.25) is 0 Å². The van der Waals surface area contributed by atoms with Crippen LogP contribution in [0.15, 0.2) is 29.4 Å². The van der Waals surface area contributed by atoms with Gasteiger partial charge in [-0.3, -0.25) is 4.79 Å². The normalized spacial score (nSPS) is 11.7. The van der Waals surface area contributed by atoms with Crippen LogP contribution in [0.3, 0.4) is 0 Å². The molecule has 0 heterocycles. The van der Waals surface area contributed by atoms with Crippen LogP contribution in [0, 0.1) is 0 Å². The lowest BCUT2D eigenvalue weighted by Gasteiger charge is -2.06. The number of carboxylic acids is 1. The summed E-state index contributed by atoms with van der Waals surface area (Å²) in [5.74, 6) is -0.885. The standard InChI is InChI=1S/C22H35NO3/c1-2-3-4-5-6-7-8-9-10-11-12-19-13-15-20(16-14-19)21(23-26)17-18-22(24)25/h13-16,26H,2-12,17-18H2,1H3,(H,24,25)/b23-21+. The van der Waals surface area contributed by atoms with Gasteiger partial charge in [0, 0.05) is 6.42 Å². The predicted octanol–water partition coefficient (Wildman–Crippen LogP) is 6.19. The molecular formula is C22H35NO3. The molecular weight excluding hydrogens is 326 g/mol. The van der Waals surface area contributed by atoms with Crippen LogP contribution in [0.5, 0.6) is 0 Å². The molecule has 0 aromatic heterocycles. The Bertz CT molecular complexity index is 523. The zero-order chi connectivity index (χ0) is 19.0. The maximum atomic E-state index is 10.6. The number of aliphatic carboxylic acids is 1. The number of oxime groups is 1. The summed E-state index contributed by atoms with van der Waals surface area (Å²) >= 11 is 0. The van der Waals surface area contributed by atoms with Crippen molar-refractivity contribution in [2.75, 3.05) is 0 Å². The van der Waals surface area contributed by atoms with Crippen molar-refractivity contribution in [2.45, 2.75) is 90.4 Å². The van der Waals surface area contributed by atoms with Crippen molar-refractivity contribution in [3.63, 3.8) is 0 Å². The van der Waals surface area contributed by atoms with Crippen molar-refractivity contribution in [3.05, 3.63) is 35.4 Å². The van der Waals surface area contributed by atoms with Crippen molar-refractivity contribution in [1.82, 2.24) is 0 Å². The fourth-order valence-electron chi connectivity index (χ4n) is 3.16. The average Bonchev–Trinajstić information content (AvgIpc) is 2.64. The van der Waals surface area contributed by atoms with Crippen LogP contribution in [0.1, 0.15) is 95.1 Å². The van der Waals surface area contributed by atoms with Gasteiger partial charge in [-0.1, -0.05) is 94.1 Å². The fraction of sp³-hybridized carbons (Fsp3) is 0.636. The molecule has 1 rings (SSSR count). The summed E-state index contributed by atoms with van der Waals surface area (Å²) in [6.45, 7) is 2.26. The minimum absolute atomic E-state index is 0.0280. The Morgan fingerprint density at radius 3 is 1.88 bits per heavy atom. The largest absolute Gasteiger partial charge is 0.481 e. The lowest BCUT2D eigenvalue weighted by molar-refractivity contribution is -0.136. The highest BCUT2D eigenvalue weighted by molar-refractivity contribution is 6.01. The molecule has 0 aliphatic rings. The van der Waals surface area contributed by atoms with Crippen LogP contribution in [0.4, 0.5) is 0 Å². The van der Waals surface area contributed by atoms with E-state index in [2.05, 4.69) is 24.2 Å². The Balaban J connectivity index is 2.17. The molecule has 0 saturated carbocycles. The number of benzene rings is 1. The molecule has 0 saturated heterocycles. The maximum absolute atomic E-state index is 10.6. The van der Waals surface area contributed by atoms with Crippen LogP contribution in [-0.2, 0) is 11.2 Å². The van der Waals surface area contributed by atoms with Gasteiger partial charge in [0.2, 0.25) is 0 Å². The molecule has 0 amide bonds. The van der Waals surface area contributed by atoms with E-state index in [4.69, 9.17) is 10.3 Å². The van der Waals surface area contributed by atoms with Gasteiger partial charge in [-0.2, -0.15) is 0 Å². The molecule has 0 aliphatic heterocycles. The van der Waals surface area contributed by atoms with Gasteiger partial charge >= 0.3 is 5.97 Å². The van der Waals surface area contributed by atoms with Crippen LogP contribution in [0.25, 0.3) is 0 Å². The van der Waals surface area contributed by atoms with Crippen molar-refractivity contribution in [2.24, 2.45) is 5.16 Å². The summed E-state index contributed by atoms with van der Waals surface area (Å²) in [4.78, 5) is 10.6. The van der Waals surface area contributed by atoms with Gasteiger partial charge in [-0.25, -0.2) is 0 Å². The zero-order valence-electron chi connectivity index (χ0n) is 16.3. The molecule has 4 heteroatoms. The van der Waals surface area contributed by atoms with Gasteiger partial charge in [-0.15, -0.1) is 0 Å². The van der Waals surface area contributed by atoms with E-state index in [1.165, 1.54) is 69.8 Å². The summed E-state index contributed by atoms with van der Waals surface area (Å²) in [7, 11) is 0. The number of nitrogens with zero attached hydrogens (tertiary/aromatic N) is 1. The van der Waals surface area contributed by atoms with Crippen molar-refractivity contribution in [1.29, 1.82) is 0 Å². The number of unbranched alkanes of at least 4 members (excludes halogenated alkanes) is 9. The first-order chi connectivity index (χ1) is 12.7. The molecule has 0 fully saturated rings. The highest BCUT2D eigenvalue weighted by atomic mass is 16.4. The summed E-state index contributed by atoms with van der Waals surface area (Å²) < 4.78 is 0. The Morgan fingerprint density at radius 1 is 0.846 bits per heavy atom. The van der Waals surface area contributed by atoms with E-state index < -0.39 is 5.97 Å². The number of hydrogen-bond acceptors (Lipinski definition) is 3. The van der Waals surface area contributed by atoms with E-state index in [9.17, 15) is 4.79 Å². The Hall–Kier alpha value is -1.84.